The molecule has 0 aromatic heterocycles. The molecule has 0 radical (unpaired) electrons. The normalized spacial score (nSPS) is 18.1. The number of rotatable bonds is 8. The largest absolute Gasteiger partial charge is 0.497 e. The van der Waals surface area contributed by atoms with Crippen LogP contribution in [0.25, 0.3) is 0 Å². The van der Waals surface area contributed by atoms with E-state index in [9.17, 15) is 14.5 Å². The first-order valence-corrected chi connectivity index (χ1v) is 9.23. The summed E-state index contributed by atoms with van der Waals surface area (Å²) < 4.78 is 10.3. The van der Waals surface area contributed by atoms with Gasteiger partial charge in [-0.2, -0.15) is 4.91 Å². The molecular weight excluding hydrogens is 374 g/mol. The number of nitrogens with zero attached hydrogens (tertiary/aromatic N) is 2. The van der Waals surface area contributed by atoms with E-state index in [-0.39, 0.29) is 31.5 Å². The predicted octanol–water partition coefficient (Wildman–Crippen LogP) is 2.65. The lowest BCUT2D eigenvalue weighted by Gasteiger charge is -2.40. The number of hydrogen-bond acceptors (Lipinski definition) is 6. The fourth-order valence-electron chi connectivity index (χ4n) is 3.63. The van der Waals surface area contributed by atoms with Crippen LogP contribution >= 0.6 is 0 Å². The molecule has 8 heteroatoms. The van der Waals surface area contributed by atoms with Crippen molar-refractivity contribution in [2.24, 2.45) is 5.18 Å². The SMILES string of the molecule is COCCN1C(=O)c2ccccc2C(C(=O)Nc2cccc(OC)c2)C1CN=O. The zero-order chi connectivity index (χ0) is 20.8. The lowest BCUT2D eigenvalue weighted by atomic mass is 9.82. The molecule has 0 bridgehead atoms. The van der Waals surface area contributed by atoms with Gasteiger partial charge in [-0.3, -0.25) is 9.59 Å². The molecule has 1 N–H and O–H groups in total. The quantitative estimate of drug-likeness (QED) is 0.691. The first-order valence-electron chi connectivity index (χ1n) is 9.23. The Labute approximate surface area is 168 Å². The molecule has 2 aromatic rings. The summed E-state index contributed by atoms with van der Waals surface area (Å²) in [6.45, 7) is 0.347. The minimum Gasteiger partial charge on any atom is -0.497 e. The minimum atomic E-state index is -0.746. The van der Waals surface area contributed by atoms with Gasteiger partial charge in [0.1, 0.15) is 12.3 Å². The first kappa shape index (κ1) is 20.5. The Morgan fingerprint density at radius 3 is 2.69 bits per heavy atom. The van der Waals surface area contributed by atoms with Crippen molar-refractivity contribution in [1.29, 1.82) is 0 Å². The van der Waals surface area contributed by atoms with Crippen LogP contribution in [0.4, 0.5) is 5.69 Å². The van der Waals surface area contributed by atoms with E-state index in [1.165, 1.54) is 12.0 Å². The Balaban J connectivity index is 1.99. The van der Waals surface area contributed by atoms with Crippen LogP contribution in [0.2, 0.25) is 0 Å². The smallest absolute Gasteiger partial charge is 0.254 e. The zero-order valence-corrected chi connectivity index (χ0v) is 16.3. The number of benzene rings is 2. The average molecular weight is 397 g/mol. The summed E-state index contributed by atoms with van der Waals surface area (Å²) in [6.07, 6.45) is 0. The molecular formula is C21H23N3O5. The number of carbonyl (C=O) groups is 2. The van der Waals surface area contributed by atoms with Gasteiger partial charge in [0, 0.05) is 31.0 Å². The van der Waals surface area contributed by atoms with Crippen LogP contribution in [-0.4, -0.2) is 56.7 Å². The standard InChI is InChI=1S/C21H23N3O5/c1-28-11-10-24-18(13-22-27)19(16-8-3-4-9-17(16)21(24)26)20(25)23-14-6-5-7-15(12-14)29-2/h3-9,12,18-19H,10-11,13H2,1-2H3,(H,23,25). The number of methoxy groups -OCH3 is 2. The Morgan fingerprint density at radius 2 is 1.97 bits per heavy atom. The molecule has 29 heavy (non-hydrogen) atoms. The number of nitrogens with one attached hydrogen (secondary N) is 1. The van der Waals surface area contributed by atoms with Crippen LogP contribution in [-0.2, 0) is 9.53 Å². The van der Waals surface area contributed by atoms with Gasteiger partial charge in [-0.1, -0.05) is 29.4 Å². The average Bonchev–Trinajstić information content (AvgIpc) is 2.74. The Morgan fingerprint density at radius 1 is 1.17 bits per heavy atom. The van der Waals surface area contributed by atoms with Crippen LogP contribution in [0.1, 0.15) is 21.8 Å². The van der Waals surface area contributed by atoms with Crippen LogP contribution < -0.4 is 10.1 Å². The maximum absolute atomic E-state index is 13.3. The highest BCUT2D eigenvalue weighted by Crippen LogP contribution is 2.35. The van der Waals surface area contributed by atoms with E-state index in [0.29, 0.717) is 22.6 Å². The molecule has 2 unspecified atom stereocenters. The van der Waals surface area contributed by atoms with Gasteiger partial charge in [-0.05, 0) is 23.8 Å². The van der Waals surface area contributed by atoms with E-state index in [1.54, 1.807) is 55.6 Å². The second-order valence-electron chi connectivity index (χ2n) is 6.66. The van der Waals surface area contributed by atoms with Gasteiger partial charge in [0.05, 0.1) is 25.7 Å². The molecule has 0 aliphatic carbocycles. The molecule has 0 spiro atoms. The molecule has 1 heterocycles. The third-order valence-corrected chi connectivity index (χ3v) is 4.99. The third-order valence-electron chi connectivity index (χ3n) is 4.99. The molecule has 8 nitrogen and oxygen atoms in total. The van der Waals surface area contributed by atoms with Crippen LogP contribution in [0.3, 0.4) is 0 Å². The number of nitroso groups, excluding NO2 is 1. The Kier molecular flexibility index (Phi) is 6.56. The minimum absolute atomic E-state index is 0.194. The van der Waals surface area contributed by atoms with Gasteiger partial charge >= 0.3 is 0 Å². The summed E-state index contributed by atoms with van der Waals surface area (Å²) in [5.74, 6) is -0.703. The van der Waals surface area contributed by atoms with Crippen molar-refractivity contribution in [3.8, 4) is 5.75 Å². The molecule has 0 fully saturated rings. The molecule has 2 aromatic carbocycles. The molecule has 0 saturated heterocycles. The molecule has 1 aliphatic rings. The van der Waals surface area contributed by atoms with Crippen molar-refractivity contribution in [1.82, 2.24) is 4.90 Å². The van der Waals surface area contributed by atoms with Crippen molar-refractivity contribution < 1.29 is 19.1 Å². The number of ether oxygens (including phenoxy) is 2. The highest BCUT2D eigenvalue weighted by Gasteiger charge is 2.43. The van der Waals surface area contributed by atoms with E-state index in [0.717, 1.165) is 0 Å². The third kappa shape index (κ3) is 4.27. The molecule has 0 saturated carbocycles. The lowest BCUT2D eigenvalue weighted by molar-refractivity contribution is -0.119. The molecule has 2 amide bonds. The van der Waals surface area contributed by atoms with E-state index in [4.69, 9.17) is 9.47 Å². The van der Waals surface area contributed by atoms with Gasteiger partial charge in [-0.15, -0.1) is 0 Å². The number of carbonyl (C=O) groups excluding carboxylic acids is 2. The fraction of sp³-hybridized carbons (Fsp3) is 0.333. The molecule has 3 rings (SSSR count). The van der Waals surface area contributed by atoms with Gasteiger partial charge in [0.2, 0.25) is 5.91 Å². The van der Waals surface area contributed by atoms with Gasteiger partial charge in [0.15, 0.2) is 0 Å². The molecule has 1 aliphatic heterocycles. The van der Waals surface area contributed by atoms with Crippen LogP contribution in [0.5, 0.6) is 5.75 Å². The zero-order valence-electron chi connectivity index (χ0n) is 16.3. The number of hydrogen-bond donors (Lipinski definition) is 1. The van der Waals surface area contributed by atoms with Crippen molar-refractivity contribution >= 4 is 17.5 Å². The summed E-state index contributed by atoms with van der Waals surface area (Å²) in [5, 5.41) is 5.88. The summed E-state index contributed by atoms with van der Waals surface area (Å²) in [6, 6.07) is 13.2. The first-order chi connectivity index (χ1) is 14.1. The number of fused-ring (bicyclic) bond motifs is 1. The maximum atomic E-state index is 13.3. The van der Waals surface area contributed by atoms with Crippen LogP contribution in [0.15, 0.2) is 53.7 Å². The van der Waals surface area contributed by atoms with Gasteiger partial charge in [-0.25, -0.2) is 0 Å². The Bertz CT molecular complexity index is 901. The van der Waals surface area contributed by atoms with Gasteiger partial charge in [0.25, 0.3) is 5.91 Å². The van der Waals surface area contributed by atoms with Crippen molar-refractivity contribution in [3.05, 3.63) is 64.6 Å². The number of amides is 2. The number of anilines is 1. The second kappa shape index (κ2) is 9.29. The highest BCUT2D eigenvalue weighted by molar-refractivity contribution is 6.04. The molecule has 152 valence electrons. The summed E-state index contributed by atoms with van der Waals surface area (Å²) in [7, 11) is 3.08. The van der Waals surface area contributed by atoms with E-state index >= 15 is 0 Å². The van der Waals surface area contributed by atoms with E-state index in [2.05, 4.69) is 10.5 Å². The summed E-state index contributed by atoms with van der Waals surface area (Å²) in [5.41, 5.74) is 1.58. The van der Waals surface area contributed by atoms with Crippen LogP contribution in [0, 0.1) is 4.91 Å². The van der Waals surface area contributed by atoms with E-state index < -0.39 is 12.0 Å². The van der Waals surface area contributed by atoms with E-state index in [1.807, 2.05) is 0 Å². The second-order valence-corrected chi connectivity index (χ2v) is 6.66. The van der Waals surface area contributed by atoms with Gasteiger partial charge < -0.3 is 19.7 Å². The maximum Gasteiger partial charge on any atom is 0.254 e. The predicted molar refractivity (Wildman–Crippen MR) is 108 cm³/mol. The monoisotopic (exact) mass is 397 g/mol. The lowest BCUT2D eigenvalue weighted by Crippen LogP contribution is -2.53. The highest BCUT2D eigenvalue weighted by atomic mass is 16.5. The molecule has 2 atom stereocenters. The van der Waals surface area contributed by atoms with Crippen molar-refractivity contribution in [3.63, 3.8) is 0 Å². The van der Waals surface area contributed by atoms with Crippen molar-refractivity contribution in [2.75, 3.05) is 39.2 Å². The topological polar surface area (TPSA) is 97.3 Å². The summed E-state index contributed by atoms with van der Waals surface area (Å²) in [4.78, 5) is 38.9. The Hall–Kier alpha value is -3.26. The summed E-state index contributed by atoms with van der Waals surface area (Å²) >= 11 is 0. The van der Waals surface area contributed by atoms with Crippen molar-refractivity contribution in [2.45, 2.75) is 12.0 Å². The fourth-order valence-corrected chi connectivity index (χ4v) is 3.63.